The molecule has 0 amide bonds. The molecule has 0 radical (unpaired) electrons. The normalized spacial score (nSPS) is 11.4. The lowest BCUT2D eigenvalue weighted by atomic mass is 10.3. The number of hydrogen-bond donors (Lipinski definition) is 0. The first kappa shape index (κ1) is 14.5. The van der Waals surface area contributed by atoms with Crippen molar-refractivity contribution >= 4 is 38.6 Å². The number of aryl methyl sites for hydroxylation is 4. The lowest BCUT2D eigenvalue weighted by Crippen LogP contribution is -2.07. The minimum absolute atomic E-state index is 0.546. The van der Waals surface area contributed by atoms with Gasteiger partial charge in [-0.2, -0.15) is 4.98 Å². The second-order valence-corrected chi connectivity index (χ2v) is 6.03. The standard InChI is InChI=1S/C14H14BrClN4O/c1-9-17-14(21-19-9)5-7-20-12-8-10(15)2-3-11(12)18-13(20)4-6-16/h2-3,8H,4-7H2,1H3. The Balaban J connectivity index is 1.94. The van der Waals surface area contributed by atoms with E-state index in [0.717, 1.165) is 34.3 Å². The number of aromatic nitrogens is 4. The van der Waals surface area contributed by atoms with E-state index in [1.54, 1.807) is 0 Å². The molecule has 0 fully saturated rings. The van der Waals surface area contributed by atoms with Gasteiger partial charge in [-0.1, -0.05) is 21.1 Å². The molecule has 21 heavy (non-hydrogen) atoms. The second kappa shape index (κ2) is 6.15. The van der Waals surface area contributed by atoms with E-state index >= 15 is 0 Å². The van der Waals surface area contributed by atoms with E-state index in [1.807, 2.05) is 19.1 Å². The molecule has 5 nitrogen and oxygen atoms in total. The highest BCUT2D eigenvalue weighted by atomic mass is 79.9. The van der Waals surface area contributed by atoms with E-state index in [9.17, 15) is 0 Å². The van der Waals surface area contributed by atoms with Crippen LogP contribution in [-0.2, 0) is 19.4 Å². The van der Waals surface area contributed by atoms with Gasteiger partial charge in [-0.05, 0) is 25.1 Å². The van der Waals surface area contributed by atoms with Crippen LogP contribution in [0.3, 0.4) is 0 Å². The first-order valence-corrected chi connectivity index (χ1v) is 8.00. The van der Waals surface area contributed by atoms with Crippen LogP contribution in [-0.4, -0.2) is 25.6 Å². The van der Waals surface area contributed by atoms with E-state index in [0.29, 0.717) is 24.0 Å². The van der Waals surface area contributed by atoms with Gasteiger partial charge in [0.15, 0.2) is 5.82 Å². The molecule has 7 heteroatoms. The number of rotatable bonds is 5. The Morgan fingerprint density at radius 3 is 2.86 bits per heavy atom. The fourth-order valence-corrected chi connectivity index (χ4v) is 2.84. The van der Waals surface area contributed by atoms with Crippen molar-refractivity contribution in [1.29, 1.82) is 0 Å². The molecule has 1 aromatic carbocycles. The Hall–Kier alpha value is -1.40. The molecule has 3 rings (SSSR count). The minimum Gasteiger partial charge on any atom is -0.339 e. The van der Waals surface area contributed by atoms with Gasteiger partial charge < -0.3 is 9.09 Å². The maximum absolute atomic E-state index is 5.88. The Kier molecular flexibility index (Phi) is 4.26. The molecule has 0 aliphatic rings. The Morgan fingerprint density at radius 2 is 2.14 bits per heavy atom. The van der Waals surface area contributed by atoms with Crippen molar-refractivity contribution in [3.8, 4) is 0 Å². The highest BCUT2D eigenvalue weighted by Crippen LogP contribution is 2.22. The van der Waals surface area contributed by atoms with Gasteiger partial charge in [0.1, 0.15) is 5.82 Å². The van der Waals surface area contributed by atoms with Gasteiger partial charge in [0.05, 0.1) is 11.0 Å². The number of halogens is 2. The summed E-state index contributed by atoms with van der Waals surface area (Å²) in [6.45, 7) is 2.55. The van der Waals surface area contributed by atoms with Crippen LogP contribution in [0, 0.1) is 6.92 Å². The van der Waals surface area contributed by atoms with Crippen LogP contribution in [0.25, 0.3) is 11.0 Å². The smallest absolute Gasteiger partial charge is 0.228 e. The second-order valence-electron chi connectivity index (χ2n) is 4.74. The number of fused-ring (bicyclic) bond motifs is 1. The van der Waals surface area contributed by atoms with Crippen molar-refractivity contribution in [1.82, 2.24) is 19.7 Å². The molecule has 0 atom stereocenters. The van der Waals surface area contributed by atoms with E-state index in [1.165, 1.54) is 0 Å². The Morgan fingerprint density at radius 1 is 1.29 bits per heavy atom. The van der Waals surface area contributed by atoms with Crippen molar-refractivity contribution in [2.45, 2.75) is 26.3 Å². The molecule has 0 saturated carbocycles. The molecule has 0 unspecified atom stereocenters. The molecule has 0 bridgehead atoms. The molecule has 0 saturated heterocycles. The van der Waals surface area contributed by atoms with Gasteiger partial charge in [-0.3, -0.25) is 0 Å². The van der Waals surface area contributed by atoms with Crippen molar-refractivity contribution < 1.29 is 4.52 Å². The molecule has 0 N–H and O–H groups in total. The van der Waals surface area contributed by atoms with Crippen LogP contribution < -0.4 is 0 Å². The summed E-state index contributed by atoms with van der Waals surface area (Å²) >= 11 is 9.39. The summed E-state index contributed by atoms with van der Waals surface area (Å²) in [6.07, 6.45) is 1.41. The highest BCUT2D eigenvalue weighted by Gasteiger charge is 2.12. The van der Waals surface area contributed by atoms with E-state index < -0.39 is 0 Å². The minimum atomic E-state index is 0.546. The first-order chi connectivity index (χ1) is 10.2. The number of alkyl halides is 1. The van der Waals surface area contributed by atoms with Gasteiger partial charge in [0.25, 0.3) is 0 Å². The van der Waals surface area contributed by atoms with E-state index in [-0.39, 0.29) is 0 Å². The van der Waals surface area contributed by atoms with E-state index in [2.05, 4.69) is 41.7 Å². The molecule has 2 heterocycles. The molecular weight excluding hydrogens is 356 g/mol. The fourth-order valence-electron chi connectivity index (χ4n) is 2.32. The molecule has 0 spiro atoms. The zero-order valence-corrected chi connectivity index (χ0v) is 13.9. The number of hydrogen-bond acceptors (Lipinski definition) is 4. The van der Waals surface area contributed by atoms with Crippen molar-refractivity contribution in [2.24, 2.45) is 0 Å². The molecule has 110 valence electrons. The third-order valence-corrected chi connectivity index (χ3v) is 3.91. The molecule has 0 aliphatic heterocycles. The van der Waals surface area contributed by atoms with Gasteiger partial charge in [0, 0.05) is 29.7 Å². The molecule has 0 aliphatic carbocycles. The summed E-state index contributed by atoms with van der Waals surface area (Å²) in [5.41, 5.74) is 2.06. The molecule has 3 aromatic rings. The molecule has 2 aromatic heterocycles. The topological polar surface area (TPSA) is 56.7 Å². The van der Waals surface area contributed by atoms with Gasteiger partial charge in [0.2, 0.25) is 5.89 Å². The van der Waals surface area contributed by atoms with Crippen LogP contribution >= 0.6 is 27.5 Å². The summed E-state index contributed by atoms with van der Waals surface area (Å²) in [5.74, 6) is 2.82. The van der Waals surface area contributed by atoms with Crippen molar-refractivity contribution in [2.75, 3.05) is 5.88 Å². The van der Waals surface area contributed by atoms with Crippen LogP contribution in [0.15, 0.2) is 27.2 Å². The van der Waals surface area contributed by atoms with Crippen molar-refractivity contribution in [3.05, 3.63) is 40.2 Å². The SMILES string of the molecule is Cc1noc(CCn2c(CCCl)nc3ccc(Br)cc32)n1. The Labute approximate surface area is 135 Å². The lowest BCUT2D eigenvalue weighted by Gasteiger charge is -2.06. The molecular formula is C14H14BrClN4O. The lowest BCUT2D eigenvalue weighted by molar-refractivity contribution is 0.368. The predicted molar refractivity (Wildman–Crippen MR) is 84.6 cm³/mol. The van der Waals surface area contributed by atoms with Crippen LogP contribution in [0.5, 0.6) is 0 Å². The fraction of sp³-hybridized carbons (Fsp3) is 0.357. The zero-order chi connectivity index (χ0) is 14.8. The average molecular weight is 370 g/mol. The summed E-state index contributed by atoms with van der Waals surface area (Å²) in [4.78, 5) is 8.89. The highest BCUT2D eigenvalue weighted by molar-refractivity contribution is 9.10. The van der Waals surface area contributed by atoms with Gasteiger partial charge in [-0.15, -0.1) is 11.6 Å². The van der Waals surface area contributed by atoms with Crippen molar-refractivity contribution in [3.63, 3.8) is 0 Å². The maximum Gasteiger partial charge on any atom is 0.228 e. The number of nitrogens with zero attached hydrogens (tertiary/aromatic N) is 4. The van der Waals surface area contributed by atoms with Gasteiger partial charge >= 0.3 is 0 Å². The van der Waals surface area contributed by atoms with Crippen LogP contribution in [0.2, 0.25) is 0 Å². The maximum atomic E-state index is 5.88. The number of imidazole rings is 1. The quantitative estimate of drug-likeness (QED) is 0.646. The van der Waals surface area contributed by atoms with Gasteiger partial charge in [-0.25, -0.2) is 4.98 Å². The monoisotopic (exact) mass is 368 g/mol. The number of benzene rings is 1. The Bertz CT molecular complexity index is 768. The summed E-state index contributed by atoms with van der Waals surface area (Å²) in [7, 11) is 0. The summed E-state index contributed by atoms with van der Waals surface area (Å²) in [5, 5.41) is 3.81. The predicted octanol–water partition coefficient (Wildman–Crippen LogP) is 3.51. The third kappa shape index (κ3) is 3.11. The first-order valence-electron chi connectivity index (χ1n) is 6.67. The third-order valence-electron chi connectivity index (χ3n) is 3.23. The van der Waals surface area contributed by atoms with E-state index in [4.69, 9.17) is 16.1 Å². The zero-order valence-electron chi connectivity index (χ0n) is 11.5. The van der Waals surface area contributed by atoms with Crippen LogP contribution in [0.4, 0.5) is 0 Å². The summed E-state index contributed by atoms with van der Waals surface area (Å²) < 4.78 is 8.37. The van der Waals surface area contributed by atoms with Crippen LogP contribution in [0.1, 0.15) is 17.5 Å². The average Bonchev–Trinajstić information content (AvgIpc) is 3.01. The summed E-state index contributed by atoms with van der Waals surface area (Å²) in [6, 6.07) is 6.06. The largest absolute Gasteiger partial charge is 0.339 e.